The van der Waals surface area contributed by atoms with Gasteiger partial charge in [-0.15, -0.1) is 0 Å². The predicted octanol–water partition coefficient (Wildman–Crippen LogP) is 2.95. The summed E-state index contributed by atoms with van der Waals surface area (Å²) < 4.78 is 18.3. The number of anilines is 2. The van der Waals surface area contributed by atoms with Crippen molar-refractivity contribution < 1.29 is 14.2 Å². The molecule has 140 valence electrons. The number of rotatable bonds is 5. The lowest BCUT2D eigenvalue weighted by Crippen LogP contribution is -2.33. The van der Waals surface area contributed by atoms with Crippen LogP contribution < -0.4 is 10.4 Å². The number of hydrogen-bond acceptors (Lipinski definition) is 7. The first kappa shape index (κ1) is 18.7. The number of nitrogens with zero attached hydrogens (tertiary/aromatic N) is 4. The van der Waals surface area contributed by atoms with Crippen molar-refractivity contribution in [2.24, 2.45) is 5.92 Å². The number of likely N-dealkylation sites (tertiary alicyclic amines) is 1. The molecule has 8 nitrogen and oxygen atoms in total. The second-order valence-corrected chi connectivity index (χ2v) is 7.20. The molecule has 1 aliphatic rings. The lowest BCUT2D eigenvalue weighted by atomic mass is 9.97. The van der Waals surface area contributed by atoms with Gasteiger partial charge in [0.25, 0.3) is 0 Å². The molecule has 2 aromatic rings. The summed E-state index contributed by atoms with van der Waals surface area (Å²) in [4.78, 5) is 2.29. The van der Waals surface area contributed by atoms with Crippen molar-refractivity contribution in [1.29, 1.82) is 5.41 Å². The zero-order valence-corrected chi connectivity index (χ0v) is 15.8. The van der Waals surface area contributed by atoms with Crippen molar-refractivity contribution in [2.75, 3.05) is 37.1 Å². The number of piperidine rings is 1. The van der Waals surface area contributed by atoms with Crippen LogP contribution in [0.2, 0.25) is 0 Å². The van der Waals surface area contributed by atoms with Crippen molar-refractivity contribution in [1.82, 2.24) is 15.2 Å². The van der Waals surface area contributed by atoms with Gasteiger partial charge in [-0.2, -0.15) is 0 Å². The molecule has 3 rings (SSSR count). The van der Waals surface area contributed by atoms with E-state index in [-0.39, 0.29) is 21.7 Å². The Morgan fingerprint density at radius 1 is 1.46 bits per heavy atom. The predicted molar refractivity (Wildman–Crippen MR) is 98.2 cm³/mol. The highest BCUT2D eigenvalue weighted by molar-refractivity contribution is 9.10. The van der Waals surface area contributed by atoms with E-state index in [2.05, 4.69) is 43.5 Å². The smallest absolute Gasteiger partial charge is 0.202 e. The van der Waals surface area contributed by atoms with E-state index in [4.69, 9.17) is 10.0 Å². The van der Waals surface area contributed by atoms with E-state index in [0.29, 0.717) is 23.3 Å². The first-order valence-electron chi connectivity index (χ1n) is 8.23. The molecule has 2 heterocycles. The van der Waals surface area contributed by atoms with Crippen LogP contribution in [0.3, 0.4) is 0 Å². The molecule has 0 spiro atoms. The molecule has 0 saturated carbocycles. The molecule has 0 bridgehead atoms. The van der Waals surface area contributed by atoms with Crippen LogP contribution in [-0.2, 0) is 0 Å². The van der Waals surface area contributed by atoms with Crippen LogP contribution in [0, 0.1) is 17.1 Å². The van der Waals surface area contributed by atoms with Gasteiger partial charge in [-0.3, -0.25) is 10.6 Å². The van der Waals surface area contributed by atoms with Gasteiger partial charge in [0.05, 0.1) is 10.2 Å². The maximum atomic E-state index is 13.4. The van der Waals surface area contributed by atoms with Gasteiger partial charge in [-0.1, -0.05) is 0 Å². The third-order valence-electron chi connectivity index (χ3n) is 4.47. The fraction of sp³-hybridized carbons (Fsp3) is 0.438. The van der Waals surface area contributed by atoms with Gasteiger partial charge in [0, 0.05) is 6.54 Å². The highest BCUT2D eigenvalue weighted by atomic mass is 79.9. The Morgan fingerprint density at radius 3 is 2.88 bits per heavy atom. The van der Waals surface area contributed by atoms with E-state index >= 15 is 0 Å². The lowest BCUT2D eigenvalue weighted by molar-refractivity contribution is 0.226. The fourth-order valence-corrected chi connectivity index (χ4v) is 3.18. The molecule has 0 aliphatic carbocycles. The standard InChI is InChI=1S/C16H20BrFN6O2/c1-23-6-4-10(5-7-23)9-20-16-14(21-26-22-16)15(19)24(25)11-2-3-13(18)12(17)8-11/h2-3,8,10,19,25H,4-7,9H2,1H3,(H,20,22). The van der Waals surface area contributed by atoms with Crippen molar-refractivity contribution in [2.45, 2.75) is 12.8 Å². The molecular weight excluding hydrogens is 407 g/mol. The van der Waals surface area contributed by atoms with Crippen molar-refractivity contribution in [3.8, 4) is 0 Å². The molecule has 0 unspecified atom stereocenters. The maximum Gasteiger partial charge on any atom is 0.202 e. The van der Waals surface area contributed by atoms with E-state index < -0.39 is 5.82 Å². The molecule has 1 aromatic carbocycles. The Morgan fingerprint density at radius 2 is 2.19 bits per heavy atom. The first-order valence-corrected chi connectivity index (χ1v) is 9.03. The minimum absolute atomic E-state index is 0.0841. The van der Waals surface area contributed by atoms with Crippen LogP contribution in [0.1, 0.15) is 18.5 Å². The first-order chi connectivity index (χ1) is 12.5. The van der Waals surface area contributed by atoms with Gasteiger partial charge >= 0.3 is 0 Å². The molecule has 1 saturated heterocycles. The van der Waals surface area contributed by atoms with Crippen LogP contribution >= 0.6 is 15.9 Å². The van der Waals surface area contributed by atoms with E-state index in [1.165, 1.54) is 18.2 Å². The largest absolute Gasteiger partial charge is 0.365 e. The summed E-state index contributed by atoms with van der Waals surface area (Å²) in [6, 6.07) is 3.91. The van der Waals surface area contributed by atoms with E-state index in [1.807, 2.05) is 0 Å². The Balaban J connectivity index is 1.66. The second kappa shape index (κ2) is 8.11. The van der Waals surface area contributed by atoms with Crippen molar-refractivity contribution >= 4 is 33.3 Å². The van der Waals surface area contributed by atoms with Gasteiger partial charge in [-0.05, 0) is 83.3 Å². The topological polar surface area (TPSA) is 102 Å². The number of amidine groups is 1. The number of hydrogen-bond donors (Lipinski definition) is 3. The number of benzene rings is 1. The summed E-state index contributed by atoms with van der Waals surface area (Å²) in [7, 11) is 2.11. The molecule has 1 aromatic heterocycles. The molecule has 0 radical (unpaired) electrons. The van der Waals surface area contributed by atoms with Gasteiger partial charge in [0.1, 0.15) is 5.82 Å². The summed E-state index contributed by atoms with van der Waals surface area (Å²) in [5.41, 5.74) is 0.299. The average molecular weight is 427 g/mol. The van der Waals surface area contributed by atoms with Crippen LogP contribution in [-0.4, -0.2) is 52.9 Å². The van der Waals surface area contributed by atoms with Crippen molar-refractivity contribution in [3.05, 3.63) is 34.2 Å². The van der Waals surface area contributed by atoms with E-state index in [0.717, 1.165) is 25.9 Å². The zero-order valence-electron chi connectivity index (χ0n) is 14.2. The number of nitrogens with one attached hydrogen (secondary N) is 2. The SMILES string of the molecule is CN1CCC(CNc2nonc2C(=N)N(O)c2ccc(F)c(Br)c2)CC1. The third-order valence-corrected chi connectivity index (χ3v) is 5.08. The molecule has 1 aliphatic heterocycles. The molecule has 0 atom stereocenters. The summed E-state index contributed by atoms with van der Waals surface area (Å²) in [6.45, 7) is 2.79. The second-order valence-electron chi connectivity index (χ2n) is 6.35. The minimum atomic E-state index is -0.461. The van der Waals surface area contributed by atoms with Crippen LogP contribution in [0.15, 0.2) is 27.3 Å². The fourth-order valence-electron chi connectivity index (χ4n) is 2.81. The highest BCUT2D eigenvalue weighted by Crippen LogP contribution is 2.24. The van der Waals surface area contributed by atoms with Crippen LogP contribution in [0.4, 0.5) is 15.9 Å². The van der Waals surface area contributed by atoms with E-state index in [1.54, 1.807) is 0 Å². The Hall–Kier alpha value is -2.04. The highest BCUT2D eigenvalue weighted by Gasteiger charge is 2.23. The third kappa shape index (κ3) is 4.19. The Labute approximate surface area is 158 Å². The zero-order chi connectivity index (χ0) is 18.7. The molecule has 3 N–H and O–H groups in total. The lowest BCUT2D eigenvalue weighted by Gasteiger charge is -2.28. The van der Waals surface area contributed by atoms with Gasteiger partial charge in [-0.25, -0.2) is 14.1 Å². The van der Waals surface area contributed by atoms with Gasteiger partial charge < -0.3 is 10.2 Å². The number of hydroxylamine groups is 1. The quantitative estimate of drug-likeness (QED) is 0.383. The van der Waals surface area contributed by atoms with Gasteiger partial charge in [0.15, 0.2) is 11.5 Å². The Bertz CT molecular complexity index is 778. The minimum Gasteiger partial charge on any atom is -0.365 e. The summed E-state index contributed by atoms with van der Waals surface area (Å²) in [6.07, 6.45) is 2.16. The normalized spacial score (nSPS) is 15.8. The number of aromatic nitrogens is 2. The number of halogens is 2. The Kier molecular flexibility index (Phi) is 5.84. The molecule has 26 heavy (non-hydrogen) atoms. The maximum absolute atomic E-state index is 13.4. The van der Waals surface area contributed by atoms with Crippen LogP contribution in [0.25, 0.3) is 0 Å². The van der Waals surface area contributed by atoms with Gasteiger partial charge in [0.2, 0.25) is 5.82 Å². The van der Waals surface area contributed by atoms with Crippen molar-refractivity contribution in [3.63, 3.8) is 0 Å². The molecule has 10 heteroatoms. The summed E-state index contributed by atoms with van der Waals surface area (Å²) in [5.74, 6) is 0.0188. The summed E-state index contributed by atoms with van der Waals surface area (Å²) in [5, 5.41) is 29.7. The average Bonchev–Trinajstić information content (AvgIpc) is 3.11. The molecular formula is C16H20BrFN6O2. The van der Waals surface area contributed by atoms with E-state index in [9.17, 15) is 9.60 Å². The van der Waals surface area contributed by atoms with Crippen LogP contribution in [0.5, 0.6) is 0 Å². The molecule has 1 fully saturated rings. The molecule has 0 amide bonds. The summed E-state index contributed by atoms with van der Waals surface area (Å²) >= 11 is 3.05. The monoisotopic (exact) mass is 426 g/mol.